The van der Waals surface area contributed by atoms with E-state index in [0.29, 0.717) is 0 Å². The van der Waals surface area contributed by atoms with E-state index in [9.17, 15) is 8.42 Å². The average Bonchev–Trinajstić information content (AvgIpc) is 2.89. The van der Waals surface area contributed by atoms with E-state index in [0.717, 1.165) is 27.3 Å². The number of nitrogens with one attached hydrogen (secondary N) is 1. The Labute approximate surface area is 126 Å². The van der Waals surface area contributed by atoms with Crippen LogP contribution in [0.1, 0.15) is 5.56 Å². The third-order valence-electron chi connectivity index (χ3n) is 2.91. The molecule has 2 heterocycles. The Morgan fingerprint density at radius 2 is 1.90 bits per heavy atom. The van der Waals surface area contributed by atoms with Gasteiger partial charge in [0.05, 0.1) is 11.1 Å². The summed E-state index contributed by atoms with van der Waals surface area (Å²) in [4.78, 5) is 9.38. The molecule has 0 bridgehead atoms. The summed E-state index contributed by atoms with van der Waals surface area (Å²) in [6, 6.07) is 9.27. The first-order valence-electron chi connectivity index (χ1n) is 6.23. The van der Waals surface area contributed by atoms with Gasteiger partial charge in [0.15, 0.2) is 9.84 Å². The lowest BCUT2D eigenvalue weighted by Gasteiger charge is -2.07. The van der Waals surface area contributed by atoms with Crippen molar-refractivity contribution in [1.82, 2.24) is 9.97 Å². The number of thiophene rings is 1. The molecule has 0 atom stereocenters. The van der Waals surface area contributed by atoms with E-state index in [-0.39, 0.29) is 5.75 Å². The third-order valence-corrected chi connectivity index (χ3v) is 4.59. The molecule has 0 aliphatic carbocycles. The number of aromatic nitrogens is 2. The Morgan fingerprint density at radius 3 is 2.62 bits per heavy atom. The number of hydrogen-bond donors (Lipinski definition) is 1. The molecule has 1 N–H and O–H groups in total. The van der Waals surface area contributed by atoms with Crippen LogP contribution in [0.5, 0.6) is 0 Å². The van der Waals surface area contributed by atoms with E-state index >= 15 is 0 Å². The molecule has 0 aliphatic rings. The van der Waals surface area contributed by atoms with Crippen LogP contribution in [0.3, 0.4) is 0 Å². The SMILES string of the molecule is CS(=O)(=O)Cc1ccc(Nc2ncnc3sccc23)cc1. The Hall–Kier alpha value is -1.99. The van der Waals surface area contributed by atoms with Crippen molar-refractivity contribution in [2.75, 3.05) is 11.6 Å². The standard InChI is InChI=1S/C14H13N3O2S2/c1-21(18,19)8-10-2-4-11(5-3-10)17-13-12-6-7-20-14(12)16-9-15-13/h2-7,9H,8H2,1H3,(H,15,16,17). The molecular formula is C14H13N3O2S2. The number of nitrogens with zero attached hydrogens (tertiary/aromatic N) is 2. The number of fused-ring (bicyclic) bond motifs is 1. The molecule has 0 saturated heterocycles. The number of hydrogen-bond acceptors (Lipinski definition) is 6. The molecule has 5 nitrogen and oxygen atoms in total. The molecule has 2 aromatic heterocycles. The predicted octanol–water partition coefficient (Wildman–Crippen LogP) is 2.98. The Morgan fingerprint density at radius 1 is 1.14 bits per heavy atom. The summed E-state index contributed by atoms with van der Waals surface area (Å²) in [5.41, 5.74) is 1.63. The van der Waals surface area contributed by atoms with Crippen molar-refractivity contribution in [3.05, 3.63) is 47.6 Å². The van der Waals surface area contributed by atoms with Crippen molar-refractivity contribution in [1.29, 1.82) is 0 Å². The normalized spacial score (nSPS) is 11.7. The minimum absolute atomic E-state index is 0.0512. The third kappa shape index (κ3) is 3.37. The van der Waals surface area contributed by atoms with Crippen molar-refractivity contribution in [2.45, 2.75) is 5.75 Å². The summed E-state index contributed by atoms with van der Waals surface area (Å²) < 4.78 is 22.5. The molecular weight excluding hydrogens is 306 g/mol. The van der Waals surface area contributed by atoms with Crippen molar-refractivity contribution in [3.8, 4) is 0 Å². The highest BCUT2D eigenvalue weighted by Crippen LogP contribution is 2.26. The molecule has 3 rings (SSSR count). The molecule has 0 spiro atoms. The molecule has 0 unspecified atom stereocenters. The Kier molecular flexibility index (Phi) is 3.60. The van der Waals surface area contributed by atoms with Crippen molar-refractivity contribution in [3.63, 3.8) is 0 Å². The van der Waals surface area contributed by atoms with Gasteiger partial charge < -0.3 is 5.32 Å². The number of sulfone groups is 1. The number of rotatable bonds is 4. The van der Waals surface area contributed by atoms with Gasteiger partial charge in [-0.3, -0.25) is 0 Å². The highest BCUT2D eigenvalue weighted by molar-refractivity contribution is 7.89. The van der Waals surface area contributed by atoms with Crippen molar-refractivity contribution >= 4 is 42.9 Å². The lowest BCUT2D eigenvalue weighted by molar-refractivity contribution is 0.601. The van der Waals surface area contributed by atoms with E-state index in [2.05, 4.69) is 15.3 Å². The van der Waals surface area contributed by atoms with Gasteiger partial charge in [0, 0.05) is 11.9 Å². The molecule has 7 heteroatoms. The van der Waals surface area contributed by atoms with E-state index < -0.39 is 9.84 Å². The maximum absolute atomic E-state index is 11.3. The maximum Gasteiger partial charge on any atom is 0.151 e. The van der Waals surface area contributed by atoms with Crippen LogP contribution >= 0.6 is 11.3 Å². The van der Waals surface area contributed by atoms with E-state index in [1.54, 1.807) is 23.5 Å². The van der Waals surface area contributed by atoms with Gasteiger partial charge in [-0.1, -0.05) is 12.1 Å². The zero-order valence-electron chi connectivity index (χ0n) is 11.3. The summed E-state index contributed by atoms with van der Waals surface area (Å²) in [5.74, 6) is 0.798. The van der Waals surface area contributed by atoms with Crippen LogP contribution in [0.4, 0.5) is 11.5 Å². The van der Waals surface area contributed by atoms with Crippen LogP contribution in [-0.4, -0.2) is 24.6 Å². The quantitative estimate of drug-likeness (QED) is 0.800. The van der Waals surface area contributed by atoms with Crippen molar-refractivity contribution in [2.24, 2.45) is 0 Å². The molecule has 3 aromatic rings. The molecule has 1 aromatic carbocycles. The molecule has 0 aliphatic heterocycles. The number of anilines is 2. The zero-order chi connectivity index (χ0) is 14.9. The second-order valence-corrected chi connectivity index (χ2v) is 7.79. The highest BCUT2D eigenvalue weighted by atomic mass is 32.2. The van der Waals surface area contributed by atoms with Gasteiger partial charge in [0.1, 0.15) is 17.0 Å². The highest BCUT2D eigenvalue weighted by Gasteiger charge is 2.06. The fourth-order valence-electron chi connectivity index (χ4n) is 2.01. The van der Waals surface area contributed by atoms with Gasteiger partial charge in [-0.25, -0.2) is 18.4 Å². The lowest BCUT2D eigenvalue weighted by atomic mass is 10.2. The Balaban J connectivity index is 1.84. The fraction of sp³-hybridized carbons (Fsp3) is 0.143. The minimum atomic E-state index is -3.01. The van der Waals surface area contributed by atoms with E-state index in [1.807, 2.05) is 23.6 Å². The summed E-state index contributed by atoms with van der Waals surface area (Å²) in [5, 5.41) is 6.18. The summed E-state index contributed by atoms with van der Waals surface area (Å²) in [6.45, 7) is 0. The molecule has 21 heavy (non-hydrogen) atoms. The van der Waals surface area contributed by atoms with Gasteiger partial charge in [-0.15, -0.1) is 11.3 Å². The monoisotopic (exact) mass is 319 g/mol. The van der Waals surface area contributed by atoms with Crippen LogP contribution in [0.15, 0.2) is 42.0 Å². The van der Waals surface area contributed by atoms with Crippen LogP contribution in [0, 0.1) is 0 Å². The average molecular weight is 319 g/mol. The van der Waals surface area contributed by atoms with Gasteiger partial charge >= 0.3 is 0 Å². The largest absolute Gasteiger partial charge is 0.340 e. The van der Waals surface area contributed by atoms with Gasteiger partial charge in [-0.05, 0) is 29.1 Å². The van der Waals surface area contributed by atoms with Gasteiger partial charge in [0.2, 0.25) is 0 Å². The molecule has 108 valence electrons. The maximum atomic E-state index is 11.3. The van der Waals surface area contributed by atoms with Crippen molar-refractivity contribution < 1.29 is 8.42 Å². The second kappa shape index (κ2) is 5.42. The molecule has 0 amide bonds. The van der Waals surface area contributed by atoms with Crippen LogP contribution in [0.2, 0.25) is 0 Å². The van der Waals surface area contributed by atoms with E-state index in [4.69, 9.17) is 0 Å². The first-order chi connectivity index (χ1) is 10.0. The summed E-state index contributed by atoms with van der Waals surface area (Å²) in [6.07, 6.45) is 2.76. The summed E-state index contributed by atoms with van der Waals surface area (Å²) in [7, 11) is -3.01. The minimum Gasteiger partial charge on any atom is -0.340 e. The summed E-state index contributed by atoms with van der Waals surface area (Å²) >= 11 is 1.56. The topological polar surface area (TPSA) is 72.0 Å². The number of benzene rings is 1. The zero-order valence-corrected chi connectivity index (χ0v) is 12.9. The van der Waals surface area contributed by atoms with Crippen LogP contribution in [-0.2, 0) is 15.6 Å². The second-order valence-electron chi connectivity index (χ2n) is 4.75. The van der Waals surface area contributed by atoms with E-state index in [1.165, 1.54) is 12.6 Å². The van der Waals surface area contributed by atoms with Gasteiger partial charge in [-0.2, -0.15) is 0 Å². The molecule has 0 saturated carbocycles. The van der Waals surface area contributed by atoms with Gasteiger partial charge in [0.25, 0.3) is 0 Å². The smallest absolute Gasteiger partial charge is 0.151 e. The first-order valence-corrected chi connectivity index (χ1v) is 9.17. The van der Waals surface area contributed by atoms with Crippen LogP contribution in [0.25, 0.3) is 10.2 Å². The van der Waals surface area contributed by atoms with Crippen LogP contribution < -0.4 is 5.32 Å². The lowest BCUT2D eigenvalue weighted by Crippen LogP contribution is -2.01. The molecule has 0 radical (unpaired) electrons. The molecule has 0 fully saturated rings. The fourth-order valence-corrected chi connectivity index (χ4v) is 3.54. The predicted molar refractivity (Wildman–Crippen MR) is 85.7 cm³/mol. The Bertz CT molecular complexity index is 871. The first kappa shape index (κ1) is 14.0.